The smallest absolute Gasteiger partial charge is 0.210 e. The molecule has 0 saturated heterocycles. The van der Waals surface area contributed by atoms with Gasteiger partial charge < -0.3 is 5.32 Å². The van der Waals surface area contributed by atoms with Crippen molar-refractivity contribution in [1.29, 1.82) is 0 Å². The maximum absolute atomic E-state index is 4.31. The van der Waals surface area contributed by atoms with Gasteiger partial charge in [0, 0.05) is 5.69 Å². The van der Waals surface area contributed by atoms with Crippen molar-refractivity contribution in [1.82, 2.24) is 9.55 Å². The van der Waals surface area contributed by atoms with Crippen LogP contribution >= 0.6 is 0 Å². The number of rotatable bonds is 0. The minimum absolute atomic E-state index is 0.689. The molecule has 0 saturated carbocycles. The molecule has 1 N–H and O–H groups in total. The standard InChI is InChI=1S/C7H10N4/c1-5-6(2)11-4-8-3-9-7(11)10-5/h3H,4H2,1-2H3,(H,8,9,10). The van der Waals surface area contributed by atoms with E-state index in [1.54, 1.807) is 6.34 Å². The normalized spacial score (nSPS) is 14.4. The minimum Gasteiger partial charge on any atom is -0.317 e. The molecule has 58 valence electrons. The number of aryl methyl sites for hydroxylation is 1. The molecule has 0 spiro atoms. The van der Waals surface area contributed by atoms with Crippen LogP contribution in [-0.4, -0.2) is 15.9 Å². The van der Waals surface area contributed by atoms with Gasteiger partial charge in [-0.1, -0.05) is 0 Å². The van der Waals surface area contributed by atoms with Crippen LogP contribution in [0.5, 0.6) is 0 Å². The maximum Gasteiger partial charge on any atom is 0.210 e. The molecule has 11 heavy (non-hydrogen) atoms. The van der Waals surface area contributed by atoms with E-state index >= 15 is 0 Å². The number of aliphatic imine (C=N–C) groups is 1. The lowest BCUT2D eigenvalue weighted by atomic mass is 10.4. The maximum atomic E-state index is 4.31. The van der Waals surface area contributed by atoms with Crippen molar-refractivity contribution < 1.29 is 0 Å². The van der Waals surface area contributed by atoms with E-state index in [0.29, 0.717) is 6.67 Å². The topological polar surface area (TPSA) is 42.2 Å². The third-order valence-corrected chi connectivity index (χ3v) is 1.97. The Morgan fingerprint density at radius 2 is 2.36 bits per heavy atom. The van der Waals surface area contributed by atoms with Gasteiger partial charge in [-0.25, -0.2) is 4.98 Å². The highest BCUT2D eigenvalue weighted by molar-refractivity contribution is 5.73. The van der Waals surface area contributed by atoms with Crippen LogP contribution in [-0.2, 0) is 6.67 Å². The third kappa shape index (κ3) is 0.824. The average Bonchev–Trinajstić information content (AvgIpc) is 2.30. The van der Waals surface area contributed by atoms with E-state index in [0.717, 1.165) is 11.6 Å². The van der Waals surface area contributed by atoms with Crippen molar-refractivity contribution >= 4 is 12.3 Å². The molecule has 0 aromatic carbocycles. The van der Waals surface area contributed by atoms with Gasteiger partial charge in [0.2, 0.25) is 5.95 Å². The SMILES string of the molecule is Cc1nc2n(c1C)CN=CN2. The molecule has 4 nitrogen and oxygen atoms in total. The van der Waals surface area contributed by atoms with Gasteiger partial charge in [-0.15, -0.1) is 0 Å². The number of hydrogen-bond acceptors (Lipinski definition) is 3. The lowest BCUT2D eigenvalue weighted by Gasteiger charge is -2.09. The Balaban J connectivity index is 2.55. The van der Waals surface area contributed by atoms with Crippen molar-refractivity contribution in [3.63, 3.8) is 0 Å². The van der Waals surface area contributed by atoms with Crippen LogP contribution in [0.15, 0.2) is 4.99 Å². The van der Waals surface area contributed by atoms with Crippen LogP contribution in [0.25, 0.3) is 0 Å². The molecule has 0 fully saturated rings. The highest BCUT2D eigenvalue weighted by Gasteiger charge is 2.10. The van der Waals surface area contributed by atoms with E-state index in [1.807, 2.05) is 13.8 Å². The van der Waals surface area contributed by atoms with Gasteiger partial charge in [0.15, 0.2) is 0 Å². The zero-order chi connectivity index (χ0) is 7.84. The summed E-state index contributed by atoms with van der Waals surface area (Å²) in [4.78, 5) is 8.39. The van der Waals surface area contributed by atoms with Gasteiger partial charge in [-0.05, 0) is 13.8 Å². The number of aromatic nitrogens is 2. The molecule has 2 heterocycles. The van der Waals surface area contributed by atoms with Gasteiger partial charge in [0.25, 0.3) is 0 Å². The Labute approximate surface area is 65.0 Å². The van der Waals surface area contributed by atoms with E-state index in [-0.39, 0.29) is 0 Å². The largest absolute Gasteiger partial charge is 0.317 e. The van der Waals surface area contributed by atoms with Crippen molar-refractivity contribution in [2.75, 3.05) is 5.32 Å². The van der Waals surface area contributed by atoms with Crippen LogP contribution in [0.4, 0.5) is 5.95 Å². The first-order valence-electron chi connectivity index (χ1n) is 3.57. The molecule has 0 atom stereocenters. The number of anilines is 1. The van der Waals surface area contributed by atoms with Gasteiger partial charge >= 0.3 is 0 Å². The second-order valence-electron chi connectivity index (χ2n) is 2.63. The van der Waals surface area contributed by atoms with Crippen LogP contribution in [0, 0.1) is 13.8 Å². The predicted molar refractivity (Wildman–Crippen MR) is 43.8 cm³/mol. The van der Waals surface area contributed by atoms with Crippen LogP contribution in [0.2, 0.25) is 0 Å². The molecule has 0 unspecified atom stereocenters. The summed E-state index contributed by atoms with van der Waals surface area (Å²) < 4.78 is 2.05. The zero-order valence-corrected chi connectivity index (χ0v) is 6.63. The molecule has 0 bridgehead atoms. The molecular weight excluding hydrogens is 140 g/mol. The number of nitrogens with zero attached hydrogens (tertiary/aromatic N) is 3. The Morgan fingerprint density at radius 3 is 3.09 bits per heavy atom. The first kappa shape index (κ1) is 6.39. The summed E-state index contributed by atoms with van der Waals surface area (Å²) in [6.07, 6.45) is 1.68. The van der Waals surface area contributed by atoms with Crippen molar-refractivity contribution in [2.45, 2.75) is 20.5 Å². The fraction of sp³-hybridized carbons (Fsp3) is 0.429. The van der Waals surface area contributed by atoms with Gasteiger partial charge in [-0.2, -0.15) is 0 Å². The molecular formula is C7H10N4. The summed E-state index contributed by atoms with van der Waals surface area (Å²) in [5.74, 6) is 0.898. The molecule has 1 aromatic rings. The van der Waals surface area contributed by atoms with Crippen LogP contribution in [0.1, 0.15) is 11.4 Å². The van der Waals surface area contributed by atoms with Crippen LogP contribution in [0.3, 0.4) is 0 Å². The van der Waals surface area contributed by atoms with Crippen LogP contribution < -0.4 is 5.32 Å². The fourth-order valence-corrected chi connectivity index (χ4v) is 1.16. The summed E-state index contributed by atoms with van der Waals surface area (Å²) in [5.41, 5.74) is 2.25. The first-order valence-corrected chi connectivity index (χ1v) is 3.57. The van der Waals surface area contributed by atoms with E-state index in [9.17, 15) is 0 Å². The Kier molecular flexibility index (Phi) is 1.21. The Morgan fingerprint density at radius 1 is 1.55 bits per heavy atom. The highest BCUT2D eigenvalue weighted by Crippen LogP contribution is 2.15. The first-order chi connectivity index (χ1) is 5.29. The molecule has 1 aromatic heterocycles. The summed E-state index contributed by atoms with van der Waals surface area (Å²) >= 11 is 0. The summed E-state index contributed by atoms with van der Waals surface area (Å²) in [6, 6.07) is 0. The summed E-state index contributed by atoms with van der Waals surface area (Å²) in [5, 5.41) is 2.98. The van der Waals surface area contributed by atoms with E-state index < -0.39 is 0 Å². The predicted octanol–water partition coefficient (Wildman–Crippen LogP) is 0.911. The van der Waals surface area contributed by atoms with Gasteiger partial charge in [0.05, 0.1) is 12.0 Å². The summed E-state index contributed by atoms with van der Waals surface area (Å²) in [6.45, 7) is 4.74. The van der Waals surface area contributed by atoms with Gasteiger partial charge in [-0.3, -0.25) is 9.56 Å². The van der Waals surface area contributed by atoms with E-state index in [1.165, 1.54) is 5.69 Å². The van der Waals surface area contributed by atoms with Crippen molar-refractivity contribution in [3.8, 4) is 0 Å². The molecule has 1 aliphatic rings. The monoisotopic (exact) mass is 150 g/mol. The number of nitrogens with one attached hydrogen (secondary N) is 1. The van der Waals surface area contributed by atoms with E-state index in [2.05, 4.69) is 19.9 Å². The second kappa shape index (κ2) is 2.08. The average molecular weight is 150 g/mol. The van der Waals surface area contributed by atoms with E-state index in [4.69, 9.17) is 0 Å². The molecule has 0 radical (unpaired) electrons. The molecule has 4 heteroatoms. The fourth-order valence-electron chi connectivity index (χ4n) is 1.16. The quantitative estimate of drug-likeness (QED) is 0.597. The third-order valence-electron chi connectivity index (χ3n) is 1.97. The number of imidazole rings is 1. The lowest BCUT2D eigenvalue weighted by molar-refractivity contribution is 0.712. The molecule has 1 aliphatic heterocycles. The lowest BCUT2D eigenvalue weighted by Crippen LogP contribution is -2.12. The summed E-state index contributed by atoms with van der Waals surface area (Å²) in [7, 11) is 0. The zero-order valence-electron chi connectivity index (χ0n) is 6.63. The molecule has 0 amide bonds. The minimum atomic E-state index is 0.689. The second-order valence-corrected chi connectivity index (χ2v) is 2.63. The molecule has 2 rings (SSSR count). The van der Waals surface area contributed by atoms with Crippen molar-refractivity contribution in [3.05, 3.63) is 11.4 Å². The molecule has 0 aliphatic carbocycles. The Hall–Kier alpha value is -1.32. The highest BCUT2D eigenvalue weighted by atomic mass is 15.3. The van der Waals surface area contributed by atoms with Gasteiger partial charge in [0.1, 0.15) is 6.67 Å². The Bertz CT molecular complexity index is 310. The number of fused-ring (bicyclic) bond motifs is 1. The number of hydrogen-bond donors (Lipinski definition) is 1. The van der Waals surface area contributed by atoms with Crippen molar-refractivity contribution in [2.24, 2.45) is 4.99 Å².